The number of hydrogen-bond acceptors (Lipinski definition) is 8. The number of anilines is 1. The average Bonchev–Trinajstić information content (AvgIpc) is 3.37. The second-order valence-electron chi connectivity index (χ2n) is 12.5. The predicted octanol–water partition coefficient (Wildman–Crippen LogP) is 6.43. The molecule has 1 N–H and O–H groups in total. The fourth-order valence-corrected chi connectivity index (χ4v) is 6.10. The van der Waals surface area contributed by atoms with Gasteiger partial charge in [-0.25, -0.2) is 4.79 Å². The number of aryl methyl sites for hydroxylation is 1. The minimum atomic E-state index is -1.15. The van der Waals surface area contributed by atoms with Crippen LogP contribution in [0.25, 0.3) is 0 Å². The lowest BCUT2D eigenvalue weighted by atomic mass is 10.0. The maximum absolute atomic E-state index is 13.1. The second-order valence-corrected chi connectivity index (χ2v) is 12.5. The van der Waals surface area contributed by atoms with E-state index >= 15 is 0 Å². The molecule has 3 aliphatic rings. The van der Waals surface area contributed by atoms with Gasteiger partial charge >= 0.3 is 6.09 Å². The number of benzene rings is 1. The molecule has 0 unspecified atom stereocenters. The number of carbonyl (C=O) groups is 1. The highest BCUT2D eigenvalue weighted by Gasteiger charge is 2.66. The van der Waals surface area contributed by atoms with E-state index in [0.29, 0.717) is 32.1 Å². The zero-order chi connectivity index (χ0) is 29.8. The lowest BCUT2D eigenvalue weighted by Gasteiger charge is -2.33. The van der Waals surface area contributed by atoms with Crippen molar-refractivity contribution in [3.63, 3.8) is 0 Å². The van der Waals surface area contributed by atoms with Gasteiger partial charge < -0.3 is 28.4 Å². The van der Waals surface area contributed by atoms with Crippen molar-refractivity contribution in [3.05, 3.63) is 29.8 Å². The minimum Gasteiger partial charge on any atom is -0.440 e. The number of nitrogens with zero attached hydrogens (tertiary/aromatic N) is 1. The fourth-order valence-electron chi connectivity index (χ4n) is 6.10. The number of morpholine rings is 1. The Bertz CT molecular complexity index is 937. The minimum absolute atomic E-state index is 0.220. The van der Waals surface area contributed by atoms with E-state index in [4.69, 9.17) is 28.4 Å². The van der Waals surface area contributed by atoms with Crippen molar-refractivity contribution in [1.82, 2.24) is 4.90 Å². The molecule has 0 aromatic heterocycles. The van der Waals surface area contributed by atoms with Crippen LogP contribution in [0.5, 0.6) is 0 Å². The Morgan fingerprint density at radius 2 is 1.60 bits per heavy atom. The fraction of sp³-hybridized carbons (Fsp3) is 0.788. The van der Waals surface area contributed by atoms with Crippen LogP contribution in [0.3, 0.4) is 0 Å². The Morgan fingerprint density at radius 3 is 2.26 bits per heavy atom. The molecule has 1 aromatic carbocycles. The summed E-state index contributed by atoms with van der Waals surface area (Å²) in [5.41, 5.74) is 1.79. The van der Waals surface area contributed by atoms with Crippen molar-refractivity contribution >= 4 is 11.8 Å². The van der Waals surface area contributed by atoms with Gasteiger partial charge in [-0.1, -0.05) is 82.4 Å². The normalized spacial score (nSPS) is 27.2. The lowest BCUT2D eigenvalue weighted by Crippen LogP contribution is -2.47. The van der Waals surface area contributed by atoms with Gasteiger partial charge in [0, 0.05) is 31.9 Å². The largest absolute Gasteiger partial charge is 0.440 e. The first-order chi connectivity index (χ1) is 20.3. The summed E-state index contributed by atoms with van der Waals surface area (Å²) in [7, 11) is 0. The third-order valence-corrected chi connectivity index (χ3v) is 8.31. The summed E-state index contributed by atoms with van der Waals surface area (Å²) in [6, 6.07) is 7.61. The van der Waals surface area contributed by atoms with Gasteiger partial charge in [0.2, 0.25) is 5.79 Å². The molecule has 3 aliphatic heterocycles. The van der Waals surface area contributed by atoms with Crippen LogP contribution in [0.4, 0.5) is 10.5 Å². The number of nitrogens with one attached hydrogen (secondary N) is 1. The third-order valence-electron chi connectivity index (χ3n) is 8.31. The van der Waals surface area contributed by atoms with Gasteiger partial charge in [0.25, 0.3) is 0 Å². The van der Waals surface area contributed by atoms with Gasteiger partial charge in [-0.05, 0) is 39.3 Å². The molecule has 0 radical (unpaired) electrons. The van der Waals surface area contributed by atoms with Gasteiger partial charge in [0.05, 0.1) is 13.2 Å². The van der Waals surface area contributed by atoms with E-state index in [2.05, 4.69) is 17.1 Å². The van der Waals surface area contributed by atoms with Crippen LogP contribution in [-0.4, -0.2) is 86.9 Å². The highest BCUT2D eigenvalue weighted by atomic mass is 16.9. The zero-order valence-electron chi connectivity index (χ0n) is 26.4. The van der Waals surface area contributed by atoms with Crippen LogP contribution < -0.4 is 5.32 Å². The molecule has 9 heteroatoms. The predicted molar refractivity (Wildman–Crippen MR) is 163 cm³/mol. The lowest BCUT2D eigenvalue weighted by molar-refractivity contribution is -0.279. The molecule has 42 heavy (non-hydrogen) atoms. The van der Waals surface area contributed by atoms with Crippen molar-refractivity contribution in [3.8, 4) is 0 Å². The molecule has 3 fully saturated rings. The van der Waals surface area contributed by atoms with Gasteiger partial charge in [-0.3, -0.25) is 10.2 Å². The van der Waals surface area contributed by atoms with Crippen LogP contribution in [0.2, 0.25) is 0 Å². The van der Waals surface area contributed by atoms with E-state index in [0.717, 1.165) is 31.5 Å². The molecule has 4 atom stereocenters. The summed E-state index contributed by atoms with van der Waals surface area (Å²) in [4.78, 5) is 15.3. The number of amides is 1. The Labute approximate surface area is 252 Å². The van der Waals surface area contributed by atoms with E-state index in [9.17, 15) is 4.79 Å². The van der Waals surface area contributed by atoms with Crippen molar-refractivity contribution in [2.24, 2.45) is 0 Å². The van der Waals surface area contributed by atoms with Crippen molar-refractivity contribution < 1.29 is 33.2 Å². The van der Waals surface area contributed by atoms with Crippen LogP contribution in [-0.2, 0) is 28.4 Å². The molecule has 3 saturated heterocycles. The van der Waals surface area contributed by atoms with Gasteiger partial charge in [-0.15, -0.1) is 0 Å². The maximum Gasteiger partial charge on any atom is 0.412 e. The first-order valence-electron chi connectivity index (χ1n) is 16.3. The van der Waals surface area contributed by atoms with E-state index in [1.54, 1.807) is 0 Å². The second kappa shape index (κ2) is 16.4. The summed E-state index contributed by atoms with van der Waals surface area (Å²) in [5.74, 6) is -2.04. The summed E-state index contributed by atoms with van der Waals surface area (Å²) in [6.45, 7) is 12.3. The van der Waals surface area contributed by atoms with Crippen molar-refractivity contribution in [2.45, 2.75) is 122 Å². The van der Waals surface area contributed by atoms with E-state index in [1.165, 1.54) is 51.4 Å². The average molecular weight is 591 g/mol. The molecule has 9 nitrogen and oxygen atoms in total. The van der Waals surface area contributed by atoms with Crippen molar-refractivity contribution in [2.75, 3.05) is 51.4 Å². The Kier molecular flexibility index (Phi) is 12.9. The van der Waals surface area contributed by atoms with E-state index in [1.807, 2.05) is 45.0 Å². The van der Waals surface area contributed by atoms with Crippen LogP contribution in [0, 0.1) is 6.92 Å². The zero-order valence-corrected chi connectivity index (χ0v) is 26.4. The van der Waals surface area contributed by atoms with Crippen LogP contribution in [0.15, 0.2) is 24.3 Å². The van der Waals surface area contributed by atoms with Crippen LogP contribution >= 0.6 is 0 Å². The molecule has 0 aliphatic carbocycles. The van der Waals surface area contributed by atoms with Gasteiger partial charge in [0.15, 0.2) is 18.0 Å². The molecular formula is C33H54N2O7. The van der Waals surface area contributed by atoms with Crippen molar-refractivity contribution in [1.29, 1.82) is 0 Å². The van der Waals surface area contributed by atoms with Gasteiger partial charge in [0.1, 0.15) is 12.7 Å². The number of fused-ring (bicyclic) bond motifs is 1. The highest BCUT2D eigenvalue weighted by Crippen LogP contribution is 2.47. The first kappa shape index (κ1) is 33.1. The first-order valence-corrected chi connectivity index (χ1v) is 16.3. The Morgan fingerprint density at radius 1 is 0.952 bits per heavy atom. The maximum atomic E-state index is 13.1. The highest BCUT2D eigenvalue weighted by molar-refractivity contribution is 5.84. The third kappa shape index (κ3) is 9.89. The molecule has 4 rings (SSSR count). The smallest absolute Gasteiger partial charge is 0.412 e. The standard InChI is InChI=1S/C33H54N2O7/c1-5-6-7-8-9-10-11-12-13-14-21-38-25-33-30(41-32(3,4)42-33)29(28(40-33)24-35-19-22-37-23-20-35)39-31(36)34-27-17-15-26(2)16-18-27/h15-18,28-30H,5-14,19-25H2,1-4H3,(H,34,36)/t28-,29+,30-,33-/m0/s1. The Balaban J connectivity index is 1.32. The SMILES string of the molecule is CCCCCCCCCCCCOC[C@@]12O[C@@H](CN3CCOCC3)[C@@H](OC(=O)Nc3ccc(C)cc3)[C@@H]1OC(C)(C)O2. The quantitative estimate of drug-likeness (QED) is 0.208. The molecule has 1 aromatic rings. The van der Waals surface area contributed by atoms with E-state index < -0.39 is 36.0 Å². The molecule has 238 valence electrons. The molecule has 3 heterocycles. The number of carbonyl (C=O) groups excluding carboxylic acids is 1. The Hall–Kier alpha value is -1.75. The van der Waals surface area contributed by atoms with Crippen LogP contribution in [0.1, 0.15) is 90.5 Å². The molecule has 0 bridgehead atoms. The topological polar surface area (TPSA) is 87.7 Å². The summed E-state index contributed by atoms with van der Waals surface area (Å²) >= 11 is 0. The summed E-state index contributed by atoms with van der Waals surface area (Å²) in [6.07, 6.45) is 10.5. The number of ether oxygens (including phenoxy) is 6. The molecule has 0 spiro atoms. The summed E-state index contributed by atoms with van der Waals surface area (Å²) in [5, 5.41) is 2.85. The summed E-state index contributed by atoms with van der Waals surface area (Å²) < 4.78 is 37.1. The van der Waals surface area contributed by atoms with E-state index in [-0.39, 0.29) is 6.61 Å². The van der Waals surface area contributed by atoms with Gasteiger partial charge in [-0.2, -0.15) is 0 Å². The number of hydrogen-bond donors (Lipinski definition) is 1. The number of unbranched alkanes of at least 4 members (excludes halogenated alkanes) is 9. The number of rotatable bonds is 17. The molecule has 0 saturated carbocycles. The molecule has 1 amide bonds. The molecular weight excluding hydrogens is 536 g/mol. The monoisotopic (exact) mass is 590 g/mol.